The van der Waals surface area contributed by atoms with Crippen LogP contribution in [0, 0.1) is 5.82 Å². The van der Waals surface area contributed by atoms with Crippen molar-refractivity contribution in [3.8, 4) is 17.1 Å². The van der Waals surface area contributed by atoms with E-state index in [0.29, 0.717) is 29.6 Å². The molecule has 0 aliphatic rings. The summed E-state index contributed by atoms with van der Waals surface area (Å²) in [6.45, 7) is 12.3. The van der Waals surface area contributed by atoms with Gasteiger partial charge >= 0.3 is 0 Å². The molecular formula is C34H38FN3O2SSi. The number of rotatable bonds is 10. The molecular weight excluding hydrogens is 562 g/mol. The highest BCUT2D eigenvalue weighted by atomic mass is 32.2. The average Bonchev–Trinajstić information content (AvgIpc) is 2.98. The van der Waals surface area contributed by atoms with Crippen molar-refractivity contribution in [2.75, 3.05) is 12.9 Å². The first-order chi connectivity index (χ1) is 20.1. The largest absolute Gasteiger partial charge is 0.472 e. The fourth-order valence-electron chi connectivity index (χ4n) is 4.76. The Morgan fingerprint density at radius 3 is 2.38 bits per heavy atom. The summed E-state index contributed by atoms with van der Waals surface area (Å²) in [5.41, 5.74) is 3.39. The normalized spacial score (nSPS) is 12.3. The Morgan fingerprint density at radius 2 is 1.67 bits per heavy atom. The van der Waals surface area contributed by atoms with Crippen LogP contribution in [0.2, 0.25) is 18.1 Å². The van der Waals surface area contributed by atoms with Gasteiger partial charge in [-0.15, -0.1) is 0 Å². The number of ether oxygens (including phenoxy) is 1. The predicted octanol–water partition coefficient (Wildman–Crippen LogP) is 9.24. The van der Waals surface area contributed by atoms with Gasteiger partial charge in [0.2, 0.25) is 5.88 Å². The van der Waals surface area contributed by atoms with Gasteiger partial charge in [-0.2, -0.15) is 4.98 Å². The van der Waals surface area contributed by atoms with E-state index in [1.807, 2.05) is 48.7 Å². The predicted molar refractivity (Wildman–Crippen MR) is 174 cm³/mol. The maximum Gasteiger partial charge on any atom is 0.227 e. The van der Waals surface area contributed by atoms with Crippen molar-refractivity contribution in [1.82, 2.24) is 15.0 Å². The molecule has 3 aromatic carbocycles. The molecule has 0 fully saturated rings. The first kappa shape index (κ1) is 30.1. The lowest BCUT2D eigenvalue weighted by atomic mass is 9.94. The highest BCUT2D eigenvalue weighted by Crippen LogP contribution is 2.38. The van der Waals surface area contributed by atoms with Crippen LogP contribution in [0.4, 0.5) is 4.39 Å². The van der Waals surface area contributed by atoms with Gasteiger partial charge in [0.05, 0.1) is 5.39 Å². The fraction of sp³-hybridized carbons (Fsp3) is 0.324. The average molecular weight is 600 g/mol. The van der Waals surface area contributed by atoms with Crippen LogP contribution in [-0.2, 0) is 17.5 Å². The zero-order valence-electron chi connectivity index (χ0n) is 25.2. The molecule has 2 heterocycles. The van der Waals surface area contributed by atoms with Crippen LogP contribution in [0.25, 0.3) is 32.9 Å². The molecule has 0 amide bonds. The van der Waals surface area contributed by atoms with Crippen molar-refractivity contribution in [1.29, 1.82) is 0 Å². The molecule has 0 aliphatic heterocycles. The van der Waals surface area contributed by atoms with Crippen molar-refractivity contribution in [2.45, 2.75) is 63.5 Å². The van der Waals surface area contributed by atoms with Crippen LogP contribution >= 0.6 is 11.8 Å². The Hall–Kier alpha value is -3.33. The number of hydrogen-bond acceptors (Lipinski definition) is 6. The summed E-state index contributed by atoms with van der Waals surface area (Å²) in [6, 6.07) is 22.0. The summed E-state index contributed by atoms with van der Waals surface area (Å²) in [5, 5.41) is 3.13. The van der Waals surface area contributed by atoms with Gasteiger partial charge in [-0.1, -0.05) is 99.3 Å². The number of aromatic nitrogens is 3. The molecule has 0 unspecified atom stereocenters. The maximum absolute atomic E-state index is 16.4. The Morgan fingerprint density at radius 1 is 0.929 bits per heavy atom. The SMILES string of the molecule is CSc1nc(OCc2ccccc2)c2cnc(-c3cccc4cccc(CCCO[Si](C)(C)C(C)(C)C)c34)c(F)c2n1. The van der Waals surface area contributed by atoms with Crippen molar-refractivity contribution < 1.29 is 13.6 Å². The number of hydrogen-bond donors (Lipinski definition) is 0. The summed E-state index contributed by atoms with van der Waals surface area (Å²) in [7, 11) is -1.82. The standard InChI is InChI=1S/C34H38FN3O2SSi/c1-34(2,3)42(5,6)40-20-12-18-25-16-10-15-24-17-11-19-26(28(24)25)30-29(35)31-27(21-36-30)32(38-33(37-31)41-4)39-22-23-13-8-7-9-14-23/h7-11,13-17,19,21H,12,18,20,22H2,1-6H3. The minimum atomic E-state index is -1.82. The van der Waals surface area contributed by atoms with Crippen LogP contribution in [0.5, 0.6) is 5.88 Å². The third-order valence-corrected chi connectivity index (χ3v) is 13.2. The number of halogens is 1. The van der Waals surface area contributed by atoms with Gasteiger partial charge in [-0.25, -0.2) is 9.37 Å². The van der Waals surface area contributed by atoms with Crippen LogP contribution in [0.3, 0.4) is 0 Å². The Kier molecular flexibility index (Phi) is 8.96. The zero-order valence-corrected chi connectivity index (χ0v) is 27.0. The second kappa shape index (κ2) is 12.5. The van der Waals surface area contributed by atoms with Crippen LogP contribution in [0.15, 0.2) is 78.1 Å². The molecule has 0 spiro atoms. The number of thioether (sulfide) groups is 1. The van der Waals surface area contributed by atoms with Gasteiger partial charge in [0.25, 0.3) is 0 Å². The molecule has 5 nitrogen and oxygen atoms in total. The molecule has 42 heavy (non-hydrogen) atoms. The number of aryl methyl sites for hydroxylation is 1. The first-order valence-electron chi connectivity index (χ1n) is 14.3. The lowest BCUT2D eigenvalue weighted by Gasteiger charge is -2.36. The fourth-order valence-corrected chi connectivity index (χ4v) is 6.20. The molecule has 5 aromatic rings. The smallest absolute Gasteiger partial charge is 0.227 e. The van der Waals surface area contributed by atoms with E-state index in [1.165, 1.54) is 11.8 Å². The van der Waals surface area contributed by atoms with E-state index < -0.39 is 14.1 Å². The summed E-state index contributed by atoms with van der Waals surface area (Å²) >= 11 is 1.35. The number of pyridine rings is 1. The highest BCUT2D eigenvalue weighted by molar-refractivity contribution is 7.98. The summed E-state index contributed by atoms with van der Waals surface area (Å²) in [6.07, 6.45) is 5.22. The van der Waals surface area contributed by atoms with E-state index in [-0.39, 0.29) is 16.2 Å². The molecule has 8 heteroatoms. The number of benzene rings is 3. The third kappa shape index (κ3) is 6.36. The molecule has 0 saturated heterocycles. The summed E-state index contributed by atoms with van der Waals surface area (Å²) in [4.78, 5) is 13.7. The van der Waals surface area contributed by atoms with E-state index in [2.05, 4.69) is 73.1 Å². The maximum atomic E-state index is 16.4. The van der Waals surface area contributed by atoms with E-state index in [0.717, 1.165) is 40.3 Å². The van der Waals surface area contributed by atoms with E-state index in [9.17, 15) is 0 Å². The summed E-state index contributed by atoms with van der Waals surface area (Å²) < 4.78 is 28.9. The van der Waals surface area contributed by atoms with Crippen LogP contribution in [-0.4, -0.2) is 36.1 Å². The molecule has 0 N–H and O–H groups in total. The molecule has 0 bridgehead atoms. The quantitative estimate of drug-likeness (QED) is 0.0690. The van der Waals surface area contributed by atoms with E-state index in [4.69, 9.17) is 9.16 Å². The van der Waals surface area contributed by atoms with Crippen molar-refractivity contribution in [2.24, 2.45) is 0 Å². The number of nitrogens with zero attached hydrogens (tertiary/aromatic N) is 3. The Balaban J connectivity index is 1.50. The van der Waals surface area contributed by atoms with Crippen LogP contribution < -0.4 is 4.74 Å². The van der Waals surface area contributed by atoms with Crippen molar-refractivity contribution in [3.05, 3.63) is 89.9 Å². The molecule has 0 aliphatic carbocycles. The van der Waals surface area contributed by atoms with Gasteiger partial charge in [0.1, 0.15) is 17.8 Å². The first-order valence-corrected chi connectivity index (χ1v) is 18.4. The van der Waals surface area contributed by atoms with Gasteiger partial charge in [0.15, 0.2) is 19.3 Å². The monoisotopic (exact) mass is 599 g/mol. The van der Waals surface area contributed by atoms with Crippen molar-refractivity contribution >= 4 is 41.8 Å². The lowest BCUT2D eigenvalue weighted by Crippen LogP contribution is -2.41. The van der Waals surface area contributed by atoms with E-state index in [1.54, 1.807) is 6.20 Å². The molecule has 2 aromatic heterocycles. The molecule has 218 valence electrons. The van der Waals surface area contributed by atoms with E-state index >= 15 is 4.39 Å². The lowest BCUT2D eigenvalue weighted by molar-refractivity contribution is 0.282. The highest BCUT2D eigenvalue weighted by Gasteiger charge is 2.36. The minimum absolute atomic E-state index is 0.172. The second-order valence-electron chi connectivity index (χ2n) is 12.0. The molecule has 5 rings (SSSR count). The Bertz CT molecular complexity index is 1700. The third-order valence-electron chi connectivity index (χ3n) is 8.14. The minimum Gasteiger partial charge on any atom is -0.472 e. The summed E-state index contributed by atoms with van der Waals surface area (Å²) in [5.74, 6) is -0.148. The Labute approximate surface area is 253 Å². The van der Waals surface area contributed by atoms with Crippen LogP contribution in [0.1, 0.15) is 38.3 Å². The van der Waals surface area contributed by atoms with Gasteiger partial charge in [-0.05, 0) is 59.1 Å². The topological polar surface area (TPSA) is 57.1 Å². The van der Waals surface area contributed by atoms with Gasteiger partial charge in [0, 0.05) is 18.4 Å². The van der Waals surface area contributed by atoms with Crippen molar-refractivity contribution in [3.63, 3.8) is 0 Å². The molecule has 0 atom stereocenters. The van der Waals surface area contributed by atoms with Gasteiger partial charge in [-0.3, -0.25) is 4.98 Å². The second-order valence-corrected chi connectivity index (χ2v) is 17.6. The molecule has 0 saturated carbocycles. The zero-order chi connectivity index (χ0) is 29.9. The number of fused-ring (bicyclic) bond motifs is 2. The van der Waals surface area contributed by atoms with Gasteiger partial charge < -0.3 is 9.16 Å². The molecule has 0 radical (unpaired) electrons.